The maximum absolute atomic E-state index is 12.6. The van der Waals surface area contributed by atoms with E-state index in [4.69, 9.17) is 0 Å². The van der Waals surface area contributed by atoms with Crippen LogP contribution in [0.5, 0.6) is 0 Å². The fourth-order valence-corrected chi connectivity index (χ4v) is 5.45. The van der Waals surface area contributed by atoms with Crippen LogP contribution < -0.4 is 10.2 Å². The van der Waals surface area contributed by atoms with Crippen LogP contribution in [-0.2, 0) is 19.6 Å². The number of sulfonamides is 1. The predicted molar refractivity (Wildman–Crippen MR) is 121 cm³/mol. The summed E-state index contributed by atoms with van der Waals surface area (Å²) in [6, 6.07) is 10.8. The monoisotopic (exact) mass is 472 g/mol. The first-order chi connectivity index (χ1) is 15.2. The van der Waals surface area contributed by atoms with Crippen molar-refractivity contribution in [3.8, 4) is 0 Å². The average molecular weight is 473 g/mol. The molecule has 1 saturated heterocycles. The van der Waals surface area contributed by atoms with Crippen molar-refractivity contribution in [2.24, 2.45) is 0 Å². The van der Waals surface area contributed by atoms with E-state index in [-0.39, 0.29) is 29.6 Å². The normalized spacial score (nSPS) is 14.5. The summed E-state index contributed by atoms with van der Waals surface area (Å²) in [5, 5.41) is 3.04. The minimum absolute atomic E-state index is 0.164. The number of imide groups is 1. The van der Waals surface area contributed by atoms with Crippen molar-refractivity contribution in [1.29, 1.82) is 0 Å². The number of hydrogen-bond donors (Lipinski definition) is 1. The molecule has 1 fully saturated rings. The van der Waals surface area contributed by atoms with Crippen LogP contribution in [0.2, 0.25) is 0 Å². The van der Waals surface area contributed by atoms with Gasteiger partial charge in [0.25, 0.3) is 5.91 Å². The summed E-state index contributed by atoms with van der Waals surface area (Å²) in [6.07, 6.45) is 0.382. The van der Waals surface area contributed by atoms with Crippen LogP contribution in [0.15, 0.2) is 47.4 Å². The Kier molecular flexibility index (Phi) is 5.80. The molecule has 11 heteroatoms. The number of fused-ring (bicyclic) bond motifs is 1. The Bertz CT molecular complexity index is 1320. The second-order valence-electron chi connectivity index (χ2n) is 7.19. The second kappa shape index (κ2) is 8.41. The Morgan fingerprint density at radius 1 is 1.12 bits per heavy atom. The first-order valence-electron chi connectivity index (χ1n) is 9.85. The van der Waals surface area contributed by atoms with Gasteiger partial charge in [-0.25, -0.2) is 17.7 Å². The molecule has 0 saturated carbocycles. The highest BCUT2D eigenvalue weighted by Gasteiger charge is 2.30. The molecule has 1 N–H and O–H groups in total. The minimum atomic E-state index is -3.58. The van der Waals surface area contributed by atoms with E-state index >= 15 is 0 Å². The van der Waals surface area contributed by atoms with E-state index in [0.29, 0.717) is 33.1 Å². The molecule has 9 nitrogen and oxygen atoms in total. The molecule has 3 amide bonds. The fraction of sp³-hybridized carbons (Fsp3) is 0.238. The summed E-state index contributed by atoms with van der Waals surface area (Å²) < 4.78 is 27.0. The van der Waals surface area contributed by atoms with Gasteiger partial charge in [-0.1, -0.05) is 18.3 Å². The number of carbonyl (C=O) groups excluding carboxylic acids is 3. The molecule has 4 rings (SSSR count). The Labute approximate surface area is 188 Å². The molecule has 0 spiro atoms. The van der Waals surface area contributed by atoms with Crippen LogP contribution in [0.1, 0.15) is 30.1 Å². The van der Waals surface area contributed by atoms with Gasteiger partial charge < -0.3 is 0 Å². The Morgan fingerprint density at radius 2 is 1.78 bits per heavy atom. The standard InChI is InChI=1S/C21H20N4O5S2/c1-3-24(2)32(29,30)15-8-9-16-17(12-15)31-21(22-16)23-20(28)13-4-6-14(7-5-13)25-18(26)10-11-19(25)27/h4-9,12H,3,10-11H2,1-2H3,(H,22,23,28). The number of anilines is 2. The third kappa shape index (κ3) is 4.01. The molecule has 2 aromatic carbocycles. The minimum Gasteiger partial charge on any atom is -0.298 e. The Morgan fingerprint density at radius 3 is 2.41 bits per heavy atom. The van der Waals surface area contributed by atoms with Crippen molar-refractivity contribution in [3.63, 3.8) is 0 Å². The van der Waals surface area contributed by atoms with Crippen molar-refractivity contribution >= 4 is 60.1 Å². The van der Waals surface area contributed by atoms with E-state index in [1.54, 1.807) is 31.2 Å². The third-order valence-electron chi connectivity index (χ3n) is 5.17. The lowest BCUT2D eigenvalue weighted by Crippen LogP contribution is -2.28. The van der Waals surface area contributed by atoms with E-state index in [2.05, 4.69) is 10.3 Å². The molecule has 0 aliphatic carbocycles. The van der Waals surface area contributed by atoms with E-state index in [1.807, 2.05) is 0 Å². The first kappa shape index (κ1) is 22.1. The van der Waals surface area contributed by atoms with E-state index in [0.717, 1.165) is 4.90 Å². The highest BCUT2D eigenvalue weighted by Crippen LogP contribution is 2.29. The number of thiazole rings is 1. The maximum Gasteiger partial charge on any atom is 0.257 e. The quantitative estimate of drug-likeness (QED) is 0.552. The van der Waals surface area contributed by atoms with Gasteiger partial charge in [-0.3, -0.25) is 24.6 Å². The zero-order chi connectivity index (χ0) is 23.0. The number of nitrogens with zero attached hydrogens (tertiary/aromatic N) is 3. The maximum atomic E-state index is 12.6. The first-order valence-corrected chi connectivity index (χ1v) is 12.1. The van der Waals surface area contributed by atoms with E-state index in [1.165, 1.54) is 40.9 Å². The Balaban J connectivity index is 1.52. The number of carbonyl (C=O) groups is 3. The highest BCUT2D eigenvalue weighted by molar-refractivity contribution is 7.89. The summed E-state index contributed by atoms with van der Waals surface area (Å²) in [5.74, 6) is -0.922. The van der Waals surface area contributed by atoms with Gasteiger partial charge in [-0.2, -0.15) is 0 Å². The molecular formula is C21H20N4O5S2. The van der Waals surface area contributed by atoms with Crippen LogP contribution in [0.4, 0.5) is 10.8 Å². The summed E-state index contributed by atoms with van der Waals surface area (Å²) >= 11 is 1.17. The smallest absolute Gasteiger partial charge is 0.257 e. The van der Waals surface area contributed by atoms with Crippen LogP contribution >= 0.6 is 11.3 Å². The molecule has 32 heavy (non-hydrogen) atoms. The van der Waals surface area contributed by atoms with Crippen LogP contribution in [0, 0.1) is 0 Å². The van der Waals surface area contributed by atoms with Gasteiger partial charge in [0, 0.05) is 32.0 Å². The van der Waals surface area contributed by atoms with Gasteiger partial charge in [0.2, 0.25) is 21.8 Å². The largest absolute Gasteiger partial charge is 0.298 e. The molecule has 2 heterocycles. The predicted octanol–water partition coefficient (Wildman–Crippen LogP) is 2.84. The lowest BCUT2D eigenvalue weighted by molar-refractivity contribution is -0.121. The zero-order valence-electron chi connectivity index (χ0n) is 17.4. The lowest BCUT2D eigenvalue weighted by Gasteiger charge is -2.14. The fourth-order valence-electron chi connectivity index (χ4n) is 3.26. The number of nitrogens with one attached hydrogen (secondary N) is 1. The Hall–Kier alpha value is -3.15. The second-order valence-corrected chi connectivity index (χ2v) is 10.3. The van der Waals surface area contributed by atoms with Gasteiger partial charge in [0.15, 0.2) is 5.13 Å². The average Bonchev–Trinajstić information content (AvgIpc) is 3.34. The molecule has 0 unspecified atom stereocenters. The van der Waals surface area contributed by atoms with Gasteiger partial charge >= 0.3 is 0 Å². The third-order valence-corrected chi connectivity index (χ3v) is 8.04. The number of rotatable bonds is 6. The zero-order valence-corrected chi connectivity index (χ0v) is 19.0. The van der Waals surface area contributed by atoms with Crippen LogP contribution in [-0.4, -0.2) is 49.0 Å². The molecule has 1 aliphatic heterocycles. The van der Waals surface area contributed by atoms with Gasteiger partial charge in [-0.05, 0) is 42.5 Å². The van der Waals surface area contributed by atoms with Crippen molar-refractivity contribution < 1.29 is 22.8 Å². The SMILES string of the molecule is CCN(C)S(=O)(=O)c1ccc2nc(NC(=O)c3ccc(N4C(=O)CCC4=O)cc3)sc2c1. The summed E-state index contributed by atoms with van der Waals surface area (Å²) in [5.41, 5.74) is 1.34. The number of benzene rings is 2. The lowest BCUT2D eigenvalue weighted by atomic mass is 10.2. The van der Waals surface area contributed by atoms with Gasteiger partial charge in [0.1, 0.15) is 0 Å². The van der Waals surface area contributed by atoms with Gasteiger partial charge in [-0.15, -0.1) is 0 Å². The topological polar surface area (TPSA) is 117 Å². The molecule has 0 atom stereocenters. The van der Waals surface area contributed by atoms with Crippen LogP contribution in [0.25, 0.3) is 10.2 Å². The number of hydrogen-bond acceptors (Lipinski definition) is 7. The number of amides is 3. The molecule has 0 radical (unpaired) electrons. The summed E-state index contributed by atoms with van der Waals surface area (Å²) in [7, 11) is -2.07. The van der Waals surface area contributed by atoms with Crippen molar-refractivity contribution in [2.45, 2.75) is 24.7 Å². The van der Waals surface area contributed by atoms with Crippen molar-refractivity contribution in [1.82, 2.24) is 9.29 Å². The molecular weight excluding hydrogens is 452 g/mol. The summed E-state index contributed by atoms with van der Waals surface area (Å²) in [4.78, 5) is 41.9. The van der Waals surface area contributed by atoms with E-state index < -0.39 is 15.9 Å². The van der Waals surface area contributed by atoms with Gasteiger partial charge in [0.05, 0.1) is 20.8 Å². The molecule has 1 aliphatic rings. The van der Waals surface area contributed by atoms with E-state index in [9.17, 15) is 22.8 Å². The highest BCUT2D eigenvalue weighted by atomic mass is 32.2. The summed E-state index contributed by atoms with van der Waals surface area (Å²) in [6.45, 7) is 2.10. The van der Waals surface area contributed by atoms with Crippen molar-refractivity contribution in [2.75, 3.05) is 23.8 Å². The van der Waals surface area contributed by atoms with Crippen LogP contribution in [0.3, 0.4) is 0 Å². The van der Waals surface area contributed by atoms with Crippen molar-refractivity contribution in [3.05, 3.63) is 48.0 Å². The molecule has 166 valence electrons. The molecule has 0 bridgehead atoms. The molecule has 3 aromatic rings. The number of aromatic nitrogens is 1. The molecule has 1 aromatic heterocycles.